The van der Waals surface area contributed by atoms with Gasteiger partial charge in [-0.15, -0.1) is 0 Å². The minimum absolute atomic E-state index is 0.309. The topological polar surface area (TPSA) is 43.4 Å². The summed E-state index contributed by atoms with van der Waals surface area (Å²) in [6, 6.07) is 16.0. The average molecular weight is 274 g/mol. The number of benzene rings is 2. The van der Waals surface area contributed by atoms with Gasteiger partial charge in [0.15, 0.2) is 0 Å². The lowest BCUT2D eigenvalue weighted by Crippen LogP contribution is -2.04. The molecular weight excluding hydrogens is 260 g/mol. The molecule has 0 radical (unpaired) electrons. The van der Waals surface area contributed by atoms with Crippen molar-refractivity contribution in [2.75, 3.05) is 0 Å². The van der Waals surface area contributed by atoms with Gasteiger partial charge < -0.3 is 4.18 Å². The molecular formula is C15H14O3S. The van der Waals surface area contributed by atoms with Crippen molar-refractivity contribution in [1.82, 2.24) is 0 Å². The van der Waals surface area contributed by atoms with Crippen LogP contribution >= 0.6 is 0 Å². The van der Waals surface area contributed by atoms with Gasteiger partial charge in [0.05, 0.1) is 5.41 Å². The smallest absolute Gasteiger partial charge is 0.332 e. The Balaban J connectivity index is 2.11. The van der Waals surface area contributed by atoms with Gasteiger partial charge in [0.25, 0.3) is 0 Å². The van der Waals surface area contributed by atoms with Crippen LogP contribution in [0.4, 0.5) is 0 Å². The van der Waals surface area contributed by atoms with E-state index in [1.165, 1.54) is 6.08 Å². The molecule has 0 aliphatic heterocycles. The Kier molecular flexibility index (Phi) is 4.02. The zero-order chi connectivity index (χ0) is 13.7. The number of hydrogen-bond acceptors (Lipinski definition) is 3. The van der Waals surface area contributed by atoms with E-state index in [4.69, 9.17) is 4.18 Å². The number of hydrogen-bond donors (Lipinski definition) is 0. The first-order valence-electron chi connectivity index (χ1n) is 5.79. The van der Waals surface area contributed by atoms with Crippen LogP contribution in [-0.4, -0.2) is 8.42 Å². The first-order chi connectivity index (χ1) is 9.05. The van der Waals surface area contributed by atoms with Gasteiger partial charge in [0.1, 0.15) is 5.75 Å². The van der Waals surface area contributed by atoms with Gasteiger partial charge in [0.2, 0.25) is 0 Å². The van der Waals surface area contributed by atoms with Gasteiger partial charge in [-0.1, -0.05) is 48.0 Å². The summed E-state index contributed by atoms with van der Waals surface area (Å²) in [6.45, 7) is 1.92. The predicted molar refractivity (Wildman–Crippen MR) is 76.2 cm³/mol. The lowest BCUT2D eigenvalue weighted by atomic mass is 10.2. The molecule has 0 spiro atoms. The standard InChI is InChI=1S/C15H14O3S/c1-13-7-9-15(10-8-13)18-19(16,17)12-11-14-5-3-2-4-6-14/h2-12H,1H3. The Labute approximate surface area is 113 Å². The predicted octanol–water partition coefficient (Wildman–Crippen LogP) is 3.37. The third-order valence-corrected chi connectivity index (χ3v) is 3.35. The average Bonchev–Trinajstić information content (AvgIpc) is 2.40. The van der Waals surface area contributed by atoms with Crippen LogP contribution < -0.4 is 4.18 Å². The van der Waals surface area contributed by atoms with E-state index in [1.807, 2.05) is 37.3 Å². The summed E-state index contributed by atoms with van der Waals surface area (Å²) < 4.78 is 28.5. The van der Waals surface area contributed by atoms with E-state index in [1.54, 1.807) is 24.3 Å². The zero-order valence-electron chi connectivity index (χ0n) is 10.5. The third-order valence-electron chi connectivity index (χ3n) is 2.46. The summed E-state index contributed by atoms with van der Waals surface area (Å²) in [5, 5.41) is 1.06. The molecule has 0 unspecified atom stereocenters. The van der Waals surface area contributed by atoms with Crippen molar-refractivity contribution in [2.24, 2.45) is 0 Å². The zero-order valence-corrected chi connectivity index (χ0v) is 11.3. The van der Waals surface area contributed by atoms with Crippen LogP contribution in [0.25, 0.3) is 6.08 Å². The minimum Gasteiger partial charge on any atom is -0.379 e. The fourth-order valence-corrected chi connectivity index (χ4v) is 2.24. The summed E-state index contributed by atoms with van der Waals surface area (Å²) in [6.07, 6.45) is 1.50. The fraction of sp³-hybridized carbons (Fsp3) is 0.0667. The largest absolute Gasteiger partial charge is 0.379 e. The molecule has 0 atom stereocenters. The van der Waals surface area contributed by atoms with Crippen LogP contribution in [0.2, 0.25) is 0 Å². The molecule has 98 valence electrons. The van der Waals surface area contributed by atoms with Crippen molar-refractivity contribution in [1.29, 1.82) is 0 Å². The molecule has 0 aliphatic carbocycles. The third kappa shape index (κ3) is 4.26. The van der Waals surface area contributed by atoms with Crippen LogP contribution in [-0.2, 0) is 10.1 Å². The van der Waals surface area contributed by atoms with Crippen LogP contribution in [0.5, 0.6) is 5.75 Å². The molecule has 2 aromatic carbocycles. The molecule has 0 N–H and O–H groups in total. The monoisotopic (exact) mass is 274 g/mol. The highest BCUT2D eigenvalue weighted by atomic mass is 32.2. The van der Waals surface area contributed by atoms with Crippen molar-refractivity contribution in [3.63, 3.8) is 0 Å². The van der Waals surface area contributed by atoms with Gasteiger partial charge in [-0.25, -0.2) is 0 Å². The van der Waals surface area contributed by atoms with Crippen molar-refractivity contribution < 1.29 is 12.6 Å². The van der Waals surface area contributed by atoms with Crippen molar-refractivity contribution in [2.45, 2.75) is 6.92 Å². The van der Waals surface area contributed by atoms with Gasteiger partial charge in [-0.05, 0) is 30.7 Å². The highest BCUT2D eigenvalue weighted by Gasteiger charge is 2.07. The van der Waals surface area contributed by atoms with Crippen molar-refractivity contribution in [3.05, 3.63) is 71.1 Å². The molecule has 2 rings (SSSR count). The Bertz CT molecular complexity index is 656. The van der Waals surface area contributed by atoms with Crippen LogP contribution in [0.3, 0.4) is 0 Å². The first kappa shape index (κ1) is 13.4. The lowest BCUT2D eigenvalue weighted by molar-refractivity contribution is 0.497. The quantitative estimate of drug-likeness (QED) is 0.803. The second kappa shape index (κ2) is 5.71. The van der Waals surface area contributed by atoms with Gasteiger partial charge >= 0.3 is 10.1 Å². The normalized spacial score (nSPS) is 11.6. The second-order valence-electron chi connectivity index (χ2n) is 4.10. The maximum Gasteiger partial charge on any atom is 0.332 e. The second-order valence-corrected chi connectivity index (χ2v) is 5.53. The van der Waals surface area contributed by atoms with Crippen LogP contribution in [0.1, 0.15) is 11.1 Å². The SMILES string of the molecule is Cc1ccc(OS(=O)(=O)C=Cc2ccccc2)cc1. The number of aryl methyl sites for hydroxylation is 1. The van der Waals surface area contributed by atoms with Crippen LogP contribution in [0, 0.1) is 6.92 Å². The Morgan fingerprint density at radius 3 is 2.21 bits per heavy atom. The maximum absolute atomic E-state index is 11.7. The molecule has 0 fully saturated rings. The van der Waals surface area contributed by atoms with Gasteiger partial charge in [-0.3, -0.25) is 0 Å². The van der Waals surface area contributed by atoms with Crippen LogP contribution in [0.15, 0.2) is 60.0 Å². The molecule has 2 aromatic rings. The first-order valence-corrected chi connectivity index (χ1v) is 7.27. The fourth-order valence-electron chi connectivity index (χ4n) is 1.48. The number of rotatable bonds is 4. The lowest BCUT2D eigenvalue weighted by Gasteiger charge is -2.03. The summed E-state index contributed by atoms with van der Waals surface area (Å²) in [5.74, 6) is 0.309. The van der Waals surface area contributed by atoms with E-state index in [0.29, 0.717) is 5.75 Å². The van der Waals surface area contributed by atoms with Gasteiger partial charge in [-0.2, -0.15) is 8.42 Å². The van der Waals surface area contributed by atoms with E-state index in [0.717, 1.165) is 16.5 Å². The Hall–Kier alpha value is -2.07. The summed E-state index contributed by atoms with van der Waals surface area (Å²) in [4.78, 5) is 0. The summed E-state index contributed by atoms with van der Waals surface area (Å²) in [7, 11) is -3.73. The van der Waals surface area contributed by atoms with E-state index in [2.05, 4.69) is 0 Å². The molecule has 0 heterocycles. The Morgan fingerprint density at radius 1 is 0.947 bits per heavy atom. The molecule has 0 bridgehead atoms. The van der Waals surface area contributed by atoms with E-state index in [9.17, 15) is 8.42 Å². The molecule has 0 saturated carbocycles. The van der Waals surface area contributed by atoms with Crippen molar-refractivity contribution in [3.8, 4) is 5.75 Å². The highest BCUT2D eigenvalue weighted by molar-refractivity contribution is 7.90. The molecule has 4 heteroatoms. The van der Waals surface area contributed by atoms with E-state index >= 15 is 0 Å². The highest BCUT2D eigenvalue weighted by Crippen LogP contribution is 2.15. The molecule has 0 amide bonds. The van der Waals surface area contributed by atoms with E-state index in [-0.39, 0.29) is 0 Å². The van der Waals surface area contributed by atoms with Crippen molar-refractivity contribution >= 4 is 16.2 Å². The molecule has 0 saturated heterocycles. The Morgan fingerprint density at radius 2 is 1.58 bits per heavy atom. The van der Waals surface area contributed by atoms with E-state index < -0.39 is 10.1 Å². The molecule has 0 aliphatic rings. The minimum atomic E-state index is -3.73. The summed E-state index contributed by atoms with van der Waals surface area (Å²) in [5.41, 5.74) is 1.85. The molecule has 0 aromatic heterocycles. The van der Waals surface area contributed by atoms with Gasteiger partial charge in [0, 0.05) is 0 Å². The molecule has 3 nitrogen and oxygen atoms in total. The molecule has 19 heavy (non-hydrogen) atoms. The maximum atomic E-state index is 11.7. The summed E-state index contributed by atoms with van der Waals surface area (Å²) >= 11 is 0.